The van der Waals surface area contributed by atoms with Crippen LogP contribution in [0.5, 0.6) is 0 Å². The Morgan fingerprint density at radius 2 is 1.71 bits per heavy atom. The molecule has 0 heterocycles. The fourth-order valence-electron chi connectivity index (χ4n) is 0. The van der Waals surface area contributed by atoms with Gasteiger partial charge in [-0.25, -0.2) is 0 Å². The zero-order valence-electron chi connectivity index (χ0n) is 5.02. The Kier molecular flexibility index (Phi) is 1.78. The average Bonchev–Trinajstić information content (AvgIpc) is 1.31. The first-order chi connectivity index (χ1) is 2.94. The Balaban J connectivity index is 3.54. The lowest BCUT2D eigenvalue weighted by molar-refractivity contribution is 0.0557. The van der Waals surface area contributed by atoms with Crippen LogP contribution in [-0.2, 0) is 0 Å². The summed E-state index contributed by atoms with van der Waals surface area (Å²) in [7, 11) is 0. The van der Waals surface area contributed by atoms with E-state index in [4.69, 9.17) is 10.8 Å². The summed E-state index contributed by atoms with van der Waals surface area (Å²) in [6.45, 7) is 4.93. The lowest BCUT2D eigenvalue weighted by atomic mass is 10.0. The monoisotopic (exact) mass is 102 g/mol. The van der Waals surface area contributed by atoms with Crippen molar-refractivity contribution in [2.45, 2.75) is 32.4 Å². The molecule has 2 N–H and O–H groups in total. The van der Waals surface area contributed by atoms with E-state index < -0.39 is 11.6 Å². The van der Waals surface area contributed by atoms with Gasteiger partial charge in [0, 0.05) is 6.04 Å². The van der Waals surface area contributed by atoms with Crippen LogP contribution in [0.25, 0.3) is 0 Å². The van der Waals surface area contributed by atoms with Crippen LogP contribution in [0.4, 0.5) is 0 Å². The molecule has 0 aliphatic heterocycles. The van der Waals surface area contributed by atoms with E-state index in [-0.39, 0.29) is 0 Å². The van der Waals surface area contributed by atoms with Gasteiger partial charge in [0.05, 0.1) is 5.60 Å². The molecule has 0 fully saturated rings. The van der Waals surface area contributed by atoms with Crippen LogP contribution in [0.3, 0.4) is 0 Å². The molecule has 43 valence electrons. The molecule has 0 aliphatic carbocycles. The molecule has 0 aromatic heterocycles. The third-order valence-electron chi connectivity index (χ3n) is 1.06. The van der Waals surface area contributed by atoms with Crippen molar-refractivity contribution in [3.63, 3.8) is 0 Å². The van der Waals surface area contributed by atoms with Gasteiger partial charge in [-0.3, -0.25) is 5.73 Å². The van der Waals surface area contributed by atoms with Crippen LogP contribution < -0.4 is 5.73 Å². The van der Waals surface area contributed by atoms with Crippen LogP contribution in [0.2, 0.25) is 0 Å². The summed E-state index contributed by atoms with van der Waals surface area (Å²) in [5, 5.41) is 8.91. The van der Waals surface area contributed by atoms with E-state index >= 15 is 0 Å². The highest BCUT2D eigenvalue weighted by molar-refractivity contribution is 4.74. The summed E-state index contributed by atoms with van der Waals surface area (Å²) in [5.41, 5.74) is 6.15. The van der Waals surface area contributed by atoms with Crippen LogP contribution in [-0.4, -0.2) is 16.7 Å². The molecule has 0 saturated heterocycles. The van der Waals surface area contributed by atoms with E-state index in [0.29, 0.717) is 0 Å². The molecule has 0 spiro atoms. The summed E-state index contributed by atoms with van der Waals surface area (Å²) in [6, 6.07) is -0.396. The second-order valence-electron chi connectivity index (χ2n) is 2.38. The third-order valence-corrected chi connectivity index (χ3v) is 1.06. The summed E-state index contributed by atoms with van der Waals surface area (Å²) in [6.07, 6.45) is 0. The minimum atomic E-state index is -0.833. The molecule has 2 heteroatoms. The summed E-state index contributed by atoms with van der Waals surface area (Å²) < 4.78 is 0. The Morgan fingerprint density at radius 1 is 1.57 bits per heavy atom. The van der Waals surface area contributed by atoms with Gasteiger partial charge in [0.2, 0.25) is 0 Å². The van der Waals surface area contributed by atoms with E-state index in [0.717, 1.165) is 0 Å². The number of hydrogen-bond acceptors (Lipinski definition) is 1. The highest BCUT2D eigenvalue weighted by atomic mass is 16.3. The minimum Gasteiger partial charge on any atom is -0.389 e. The molecule has 0 saturated carbocycles. The van der Waals surface area contributed by atoms with Gasteiger partial charge in [0.15, 0.2) is 0 Å². The number of aliphatic hydroxyl groups is 1. The summed E-state index contributed by atoms with van der Waals surface area (Å²) in [5.74, 6) is 0. The molecule has 0 amide bonds. The van der Waals surface area contributed by atoms with Crippen molar-refractivity contribution < 1.29 is 5.11 Å². The average molecular weight is 102 g/mol. The van der Waals surface area contributed by atoms with Gasteiger partial charge in [-0.05, 0) is 20.8 Å². The third kappa shape index (κ3) is 2.60. The smallest absolute Gasteiger partial charge is 0.0754 e. The first-order valence-corrected chi connectivity index (χ1v) is 2.38. The van der Waals surface area contributed by atoms with Gasteiger partial charge in [-0.2, -0.15) is 0 Å². The summed E-state index contributed by atoms with van der Waals surface area (Å²) in [4.78, 5) is 0. The standard InChI is InChI=1S/C5H12NO/c1-4(6)5(2,3)7/h4,6-7H,1-3H3. The van der Waals surface area contributed by atoms with Crippen LogP contribution >= 0.6 is 0 Å². The zero-order valence-corrected chi connectivity index (χ0v) is 5.02. The Labute approximate surface area is 44.3 Å². The SMILES string of the molecule is CC([NH])C(C)(C)O. The number of nitrogens with one attached hydrogen (secondary N) is 1. The Hall–Kier alpha value is -0.0800. The van der Waals surface area contributed by atoms with Gasteiger partial charge in [-0.15, -0.1) is 0 Å². The van der Waals surface area contributed by atoms with E-state index in [1.165, 1.54) is 0 Å². The van der Waals surface area contributed by atoms with Gasteiger partial charge in [-0.1, -0.05) is 0 Å². The van der Waals surface area contributed by atoms with Crippen LogP contribution in [0.1, 0.15) is 20.8 Å². The highest BCUT2D eigenvalue weighted by Gasteiger charge is 2.17. The quantitative estimate of drug-likeness (QED) is 0.512. The maximum absolute atomic E-state index is 8.91. The Bertz CT molecular complexity index is 53.6. The second kappa shape index (κ2) is 1.80. The lowest BCUT2D eigenvalue weighted by Crippen LogP contribution is -2.34. The van der Waals surface area contributed by atoms with Crippen molar-refractivity contribution in [1.29, 1.82) is 0 Å². The van der Waals surface area contributed by atoms with Gasteiger partial charge in [0.25, 0.3) is 0 Å². The largest absolute Gasteiger partial charge is 0.389 e. The second-order valence-corrected chi connectivity index (χ2v) is 2.38. The van der Waals surface area contributed by atoms with Gasteiger partial charge < -0.3 is 5.11 Å². The fraction of sp³-hybridized carbons (Fsp3) is 1.00. The van der Waals surface area contributed by atoms with Crippen molar-refractivity contribution in [2.24, 2.45) is 0 Å². The van der Waals surface area contributed by atoms with Gasteiger partial charge in [0.1, 0.15) is 0 Å². The lowest BCUT2D eigenvalue weighted by Gasteiger charge is -2.19. The first kappa shape index (κ1) is 6.92. The topological polar surface area (TPSA) is 44.0 Å². The highest BCUT2D eigenvalue weighted by Crippen LogP contribution is 2.04. The predicted octanol–water partition coefficient (Wildman–Crippen LogP) is 0.429. The molecule has 7 heavy (non-hydrogen) atoms. The van der Waals surface area contributed by atoms with Crippen molar-refractivity contribution in [3.8, 4) is 0 Å². The molecule has 1 radical (unpaired) electrons. The van der Waals surface area contributed by atoms with Crippen molar-refractivity contribution in [3.05, 3.63) is 0 Å². The van der Waals surface area contributed by atoms with Crippen molar-refractivity contribution >= 4 is 0 Å². The van der Waals surface area contributed by atoms with Crippen molar-refractivity contribution in [1.82, 2.24) is 5.73 Å². The van der Waals surface area contributed by atoms with E-state index in [2.05, 4.69) is 0 Å². The van der Waals surface area contributed by atoms with Crippen LogP contribution in [0.15, 0.2) is 0 Å². The molecule has 2 nitrogen and oxygen atoms in total. The predicted molar refractivity (Wildman–Crippen MR) is 28.9 cm³/mol. The normalized spacial score (nSPS) is 16.7. The molecule has 1 atom stereocenters. The minimum absolute atomic E-state index is 0.396. The van der Waals surface area contributed by atoms with Crippen molar-refractivity contribution in [2.75, 3.05) is 0 Å². The Morgan fingerprint density at radius 3 is 1.71 bits per heavy atom. The zero-order chi connectivity index (χ0) is 6.08. The van der Waals surface area contributed by atoms with E-state index in [1.54, 1.807) is 20.8 Å². The molecule has 0 aromatic rings. The molecule has 0 aliphatic rings. The molecule has 0 bridgehead atoms. The van der Waals surface area contributed by atoms with Gasteiger partial charge >= 0.3 is 0 Å². The molecule has 0 rings (SSSR count). The van der Waals surface area contributed by atoms with E-state index in [1.807, 2.05) is 0 Å². The van der Waals surface area contributed by atoms with Crippen LogP contribution in [0, 0.1) is 0 Å². The first-order valence-electron chi connectivity index (χ1n) is 2.38. The maximum Gasteiger partial charge on any atom is 0.0754 e. The summed E-state index contributed by atoms with van der Waals surface area (Å²) >= 11 is 0. The molecular formula is C5H12NO. The number of hydrogen-bond donors (Lipinski definition) is 1. The fourth-order valence-corrected chi connectivity index (χ4v) is 0. The molecular weight excluding hydrogens is 90.1 g/mol. The number of rotatable bonds is 1. The van der Waals surface area contributed by atoms with E-state index in [9.17, 15) is 0 Å². The maximum atomic E-state index is 8.91. The molecule has 1 unspecified atom stereocenters. The molecule has 0 aromatic carbocycles.